The highest BCUT2D eigenvalue weighted by molar-refractivity contribution is 5.33. The summed E-state index contributed by atoms with van der Waals surface area (Å²) in [5, 5.41) is 12.0. The Morgan fingerprint density at radius 1 is 1.61 bits per heavy atom. The number of hydrogen-bond donors (Lipinski definition) is 1. The standard InChI is InChI=1S/C12H16N4O2/c1-9-5-10(6-13)16-11(15-9)14-7-12(17-2)3-4-18-8-12/h5H,3-4,7-8H2,1-2H3,(H,14,15,16). The first-order chi connectivity index (χ1) is 8.67. The fraction of sp³-hybridized carbons (Fsp3) is 0.583. The Kier molecular flexibility index (Phi) is 3.75. The van der Waals surface area contributed by atoms with E-state index in [1.54, 1.807) is 13.2 Å². The highest BCUT2D eigenvalue weighted by Crippen LogP contribution is 2.22. The van der Waals surface area contributed by atoms with Crippen LogP contribution < -0.4 is 5.32 Å². The van der Waals surface area contributed by atoms with E-state index in [1.165, 1.54) is 0 Å². The normalized spacial score (nSPS) is 22.7. The van der Waals surface area contributed by atoms with Gasteiger partial charge in [0.2, 0.25) is 5.95 Å². The first-order valence-electron chi connectivity index (χ1n) is 5.80. The Morgan fingerprint density at radius 3 is 3.06 bits per heavy atom. The molecule has 0 spiro atoms. The van der Waals surface area contributed by atoms with Crippen LogP contribution in [0, 0.1) is 18.3 Å². The molecule has 1 aliphatic rings. The zero-order valence-electron chi connectivity index (χ0n) is 10.6. The number of aromatic nitrogens is 2. The van der Waals surface area contributed by atoms with E-state index < -0.39 is 0 Å². The Bertz CT molecular complexity index is 464. The fourth-order valence-electron chi connectivity index (χ4n) is 1.91. The third kappa shape index (κ3) is 2.75. The number of aryl methyl sites for hydroxylation is 1. The van der Waals surface area contributed by atoms with Gasteiger partial charge >= 0.3 is 0 Å². The van der Waals surface area contributed by atoms with E-state index in [1.807, 2.05) is 13.0 Å². The van der Waals surface area contributed by atoms with Gasteiger partial charge in [0.05, 0.1) is 6.61 Å². The maximum atomic E-state index is 8.85. The Hall–Kier alpha value is -1.71. The molecule has 6 nitrogen and oxygen atoms in total. The summed E-state index contributed by atoms with van der Waals surface area (Å²) in [6, 6.07) is 3.66. The van der Waals surface area contributed by atoms with Gasteiger partial charge in [-0.3, -0.25) is 0 Å². The fourth-order valence-corrected chi connectivity index (χ4v) is 1.91. The minimum Gasteiger partial charge on any atom is -0.378 e. The molecule has 1 N–H and O–H groups in total. The monoisotopic (exact) mass is 248 g/mol. The van der Waals surface area contributed by atoms with Crippen molar-refractivity contribution in [1.82, 2.24) is 9.97 Å². The molecule has 1 unspecified atom stereocenters. The van der Waals surface area contributed by atoms with E-state index >= 15 is 0 Å². The summed E-state index contributed by atoms with van der Waals surface area (Å²) in [5.41, 5.74) is 0.803. The van der Waals surface area contributed by atoms with Gasteiger partial charge in [-0.25, -0.2) is 9.97 Å². The van der Waals surface area contributed by atoms with Crippen molar-refractivity contribution in [2.45, 2.75) is 18.9 Å². The van der Waals surface area contributed by atoms with Crippen molar-refractivity contribution in [1.29, 1.82) is 5.26 Å². The molecule has 1 aromatic rings. The van der Waals surface area contributed by atoms with E-state index in [4.69, 9.17) is 14.7 Å². The number of methoxy groups -OCH3 is 1. The predicted molar refractivity (Wildman–Crippen MR) is 65.1 cm³/mol. The van der Waals surface area contributed by atoms with E-state index in [2.05, 4.69) is 15.3 Å². The molecule has 1 aromatic heterocycles. The van der Waals surface area contributed by atoms with Gasteiger partial charge in [0.15, 0.2) is 0 Å². The largest absolute Gasteiger partial charge is 0.378 e. The highest BCUT2D eigenvalue weighted by atomic mass is 16.5. The topological polar surface area (TPSA) is 80.1 Å². The molecule has 1 saturated heterocycles. The lowest BCUT2D eigenvalue weighted by atomic mass is 10.0. The van der Waals surface area contributed by atoms with Gasteiger partial charge < -0.3 is 14.8 Å². The van der Waals surface area contributed by atoms with E-state index in [0.29, 0.717) is 31.4 Å². The molecule has 2 heterocycles. The molecular weight excluding hydrogens is 232 g/mol. The van der Waals surface area contributed by atoms with Gasteiger partial charge in [-0.05, 0) is 13.0 Å². The molecule has 1 aliphatic heterocycles. The van der Waals surface area contributed by atoms with Crippen molar-refractivity contribution in [3.05, 3.63) is 17.5 Å². The molecule has 2 rings (SSSR count). The van der Waals surface area contributed by atoms with Crippen LogP contribution in [0.5, 0.6) is 0 Å². The summed E-state index contributed by atoms with van der Waals surface area (Å²) in [4.78, 5) is 8.34. The maximum Gasteiger partial charge on any atom is 0.224 e. The van der Waals surface area contributed by atoms with Crippen LogP contribution in [0.1, 0.15) is 17.8 Å². The quantitative estimate of drug-likeness (QED) is 0.851. The third-order valence-corrected chi connectivity index (χ3v) is 3.04. The van der Waals surface area contributed by atoms with Crippen LogP contribution in [0.3, 0.4) is 0 Å². The summed E-state index contributed by atoms with van der Waals surface area (Å²) in [6.07, 6.45) is 0.841. The van der Waals surface area contributed by atoms with Crippen LogP contribution in [-0.4, -0.2) is 42.4 Å². The third-order valence-electron chi connectivity index (χ3n) is 3.04. The molecular formula is C12H16N4O2. The molecule has 0 saturated carbocycles. The molecule has 0 radical (unpaired) electrons. The lowest BCUT2D eigenvalue weighted by Gasteiger charge is -2.25. The highest BCUT2D eigenvalue weighted by Gasteiger charge is 2.34. The van der Waals surface area contributed by atoms with Crippen molar-refractivity contribution >= 4 is 5.95 Å². The minimum atomic E-state index is -0.320. The summed E-state index contributed by atoms with van der Waals surface area (Å²) in [5.74, 6) is 0.454. The first kappa shape index (κ1) is 12.7. The second-order valence-electron chi connectivity index (χ2n) is 4.37. The van der Waals surface area contributed by atoms with Crippen LogP contribution in [0.25, 0.3) is 0 Å². The number of nitrogens with one attached hydrogen (secondary N) is 1. The van der Waals surface area contributed by atoms with Gasteiger partial charge in [0.1, 0.15) is 17.4 Å². The lowest BCUT2D eigenvalue weighted by molar-refractivity contribution is -0.00631. The van der Waals surface area contributed by atoms with Crippen molar-refractivity contribution in [2.75, 3.05) is 32.2 Å². The van der Waals surface area contributed by atoms with Gasteiger partial charge in [-0.2, -0.15) is 5.26 Å². The molecule has 0 aliphatic carbocycles. The Labute approximate surface area is 106 Å². The zero-order valence-corrected chi connectivity index (χ0v) is 10.6. The van der Waals surface area contributed by atoms with Crippen molar-refractivity contribution in [2.24, 2.45) is 0 Å². The van der Waals surface area contributed by atoms with E-state index in [0.717, 1.165) is 12.1 Å². The molecule has 0 amide bonds. The van der Waals surface area contributed by atoms with E-state index in [-0.39, 0.29) is 5.60 Å². The number of nitriles is 1. The van der Waals surface area contributed by atoms with Crippen LogP contribution in [0.4, 0.5) is 5.95 Å². The summed E-state index contributed by atoms with van der Waals surface area (Å²) in [7, 11) is 1.67. The van der Waals surface area contributed by atoms with Gasteiger partial charge in [0.25, 0.3) is 0 Å². The van der Waals surface area contributed by atoms with E-state index in [9.17, 15) is 0 Å². The predicted octanol–water partition coefficient (Wildman–Crippen LogP) is 0.874. The van der Waals surface area contributed by atoms with Gasteiger partial charge in [-0.1, -0.05) is 0 Å². The molecule has 0 aromatic carbocycles. The lowest BCUT2D eigenvalue weighted by Crippen LogP contribution is -2.40. The SMILES string of the molecule is COC1(CNc2nc(C)cc(C#N)n2)CCOC1. The summed E-state index contributed by atoms with van der Waals surface area (Å²) >= 11 is 0. The number of hydrogen-bond acceptors (Lipinski definition) is 6. The summed E-state index contributed by atoms with van der Waals surface area (Å²) < 4.78 is 10.8. The zero-order chi connectivity index (χ0) is 13.0. The molecule has 1 atom stereocenters. The average molecular weight is 248 g/mol. The number of nitrogens with zero attached hydrogens (tertiary/aromatic N) is 3. The Balaban J connectivity index is 2.06. The van der Waals surface area contributed by atoms with Crippen LogP contribution in [-0.2, 0) is 9.47 Å². The minimum absolute atomic E-state index is 0.320. The second-order valence-corrected chi connectivity index (χ2v) is 4.37. The van der Waals surface area contributed by atoms with Gasteiger partial charge in [0, 0.05) is 32.4 Å². The Morgan fingerprint density at radius 2 is 2.44 bits per heavy atom. The molecule has 96 valence electrons. The summed E-state index contributed by atoms with van der Waals surface area (Å²) in [6.45, 7) is 3.66. The van der Waals surface area contributed by atoms with Crippen LogP contribution >= 0.6 is 0 Å². The van der Waals surface area contributed by atoms with Crippen molar-refractivity contribution in [3.8, 4) is 6.07 Å². The van der Waals surface area contributed by atoms with Crippen molar-refractivity contribution in [3.63, 3.8) is 0 Å². The average Bonchev–Trinajstić information content (AvgIpc) is 2.85. The number of rotatable bonds is 4. The molecule has 1 fully saturated rings. The smallest absolute Gasteiger partial charge is 0.224 e. The van der Waals surface area contributed by atoms with Crippen LogP contribution in [0.15, 0.2) is 6.07 Å². The number of anilines is 1. The number of ether oxygens (including phenoxy) is 2. The van der Waals surface area contributed by atoms with Gasteiger partial charge in [-0.15, -0.1) is 0 Å². The second kappa shape index (κ2) is 5.29. The maximum absolute atomic E-state index is 8.85. The molecule has 6 heteroatoms. The van der Waals surface area contributed by atoms with Crippen molar-refractivity contribution < 1.29 is 9.47 Å². The van der Waals surface area contributed by atoms with Crippen LogP contribution in [0.2, 0.25) is 0 Å². The molecule has 18 heavy (non-hydrogen) atoms. The first-order valence-corrected chi connectivity index (χ1v) is 5.80. The molecule has 0 bridgehead atoms.